The van der Waals surface area contributed by atoms with E-state index in [9.17, 15) is 9.59 Å². The van der Waals surface area contributed by atoms with Crippen molar-refractivity contribution in [3.05, 3.63) is 28.0 Å². The Morgan fingerprint density at radius 1 is 1.55 bits per heavy atom. The number of rotatable bonds is 3. The molecule has 7 nitrogen and oxygen atoms in total. The zero-order chi connectivity index (χ0) is 14.7. The predicted octanol–water partition coefficient (Wildman–Crippen LogP) is 1.31. The molecule has 0 aliphatic carbocycles. The number of carbonyl (C=O) groups is 2. The number of hydrogen-bond acceptors (Lipinski definition) is 3. The summed E-state index contributed by atoms with van der Waals surface area (Å²) in [6.07, 6.45) is 4.19. The van der Waals surface area contributed by atoms with E-state index in [-0.39, 0.29) is 18.3 Å². The summed E-state index contributed by atoms with van der Waals surface area (Å²) in [4.78, 5) is 24.7. The monoisotopic (exact) mass is 342 g/mol. The van der Waals surface area contributed by atoms with Gasteiger partial charge in [0.25, 0.3) is 0 Å². The maximum Gasteiger partial charge on any atom is 0.354 e. The maximum atomic E-state index is 12.0. The van der Waals surface area contributed by atoms with Crippen LogP contribution in [-0.4, -0.2) is 44.9 Å². The van der Waals surface area contributed by atoms with Gasteiger partial charge in [-0.3, -0.25) is 4.68 Å². The first-order valence-electron chi connectivity index (χ1n) is 6.10. The molecular formula is C12H15BrN4O3. The number of nitrogens with one attached hydrogen (secondary N) is 1. The van der Waals surface area contributed by atoms with Crippen molar-refractivity contribution in [3.8, 4) is 0 Å². The second-order valence-corrected chi connectivity index (χ2v) is 5.47. The molecule has 0 saturated heterocycles. The SMILES string of the molecule is Cn1ncc(CNC(=O)N2CC=C(Br)CC2)c1C(=O)O. The van der Waals surface area contributed by atoms with Gasteiger partial charge in [0.1, 0.15) is 0 Å². The molecule has 20 heavy (non-hydrogen) atoms. The van der Waals surface area contributed by atoms with E-state index in [4.69, 9.17) is 5.11 Å². The van der Waals surface area contributed by atoms with Crippen molar-refractivity contribution in [1.29, 1.82) is 0 Å². The molecule has 108 valence electrons. The molecule has 2 amide bonds. The second kappa shape index (κ2) is 6.08. The average molecular weight is 343 g/mol. The van der Waals surface area contributed by atoms with Crippen molar-refractivity contribution in [1.82, 2.24) is 20.0 Å². The van der Waals surface area contributed by atoms with Crippen molar-refractivity contribution < 1.29 is 14.7 Å². The van der Waals surface area contributed by atoms with Crippen molar-refractivity contribution in [2.24, 2.45) is 7.05 Å². The molecule has 0 unspecified atom stereocenters. The Kier molecular flexibility index (Phi) is 4.43. The van der Waals surface area contributed by atoms with Crippen molar-refractivity contribution in [3.63, 3.8) is 0 Å². The normalized spacial score (nSPS) is 14.9. The minimum absolute atomic E-state index is 0.0894. The van der Waals surface area contributed by atoms with Crippen LogP contribution in [0.3, 0.4) is 0 Å². The minimum Gasteiger partial charge on any atom is -0.477 e. The molecule has 2 N–H and O–H groups in total. The van der Waals surface area contributed by atoms with Crippen molar-refractivity contribution in [2.75, 3.05) is 13.1 Å². The van der Waals surface area contributed by atoms with E-state index in [1.165, 1.54) is 10.9 Å². The predicted molar refractivity (Wildman–Crippen MR) is 75.6 cm³/mol. The molecule has 0 fully saturated rings. The number of aromatic nitrogens is 2. The number of aromatic carboxylic acids is 1. The maximum absolute atomic E-state index is 12.0. The van der Waals surface area contributed by atoms with E-state index in [1.54, 1.807) is 11.9 Å². The van der Waals surface area contributed by atoms with Gasteiger partial charge in [0, 0.05) is 32.2 Å². The molecule has 0 atom stereocenters. The fraction of sp³-hybridized carbons (Fsp3) is 0.417. The van der Waals surface area contributed by atoms with Crippen LogP contribution in [0.5, 0.6) is 0 Å². The number of carboxylic acid groups (broad SMARTS) is 1. The van der Waals surface area contributed by atoms with Gasteiger partial charge in [0.15, 0.2) is 5.69 Å². The van der Waals surface area contributed by atoms with E-state index in [2.05, 4.69) is 26.3 Å². The highest BCUT2D eigenvalue weighted by molar-refractivity contribution is 9.11. The Morgan fingerprint density at radius 3 is 2.90 bits per heavy atom. The Balaban J connectivity index is 1.96. The summed E-state index contributed by atoms with van der Waals surface area (Å²) in [6, 6.07) is -0.207. The number of amides is 2. The molecule has 8 heteroatoms. The van der Waals surface area contributed by atoms with E-state index < -0.39 is 5.97 Å². The third-order valence-corrected chi connectivity index (χ3v) is 3.81. The molecule has 0 radical (unpaired) electrons. The van der Waals surface area contributed by atoms with Crippen LogP contribution in [-0.2, 0) is 13.6 Å². The highest BCUT2D eigenvalue weighted by Gasteiger charge is 2.19. The highest BCUT2D eigenvalue weighted by Crippen LogP contribution is 2.16. The molecule has 1 aromatic heterocycles. The second-order valence-electron chi connectivity index (χ2n) is 4.45. The summed E-state index contributed by atoms with van der Waals surface area (Å²) in [6.45, 7) is 1.34. The van der Waals surface area contributed by atoms with Crippen LogP contribution in [0.25, 0.3) is 0 Å². The largest absolute Gasteiger partial charge is 0.477 e. The van der Waals surface area contributed by atoms with Gasteiger partial charge in [-0.05, 0) is 10.9 Å². The Hall–Kier alpha value is -1.83. The average Bonchev–Trinajstić information content (AvgIpc) is 2.78. The van der Waals surface area contributed by atoms with Crippen LogP contribution in [0.1, 0.15) is 22.5 Å². The van der Waals surface area contributed by atoms with Crippen LogP contribution >= 0.6 is 15.9 Å². The van der Waals surface area contributed by atoms with Gasteiger partial charge in [0.05, 0.1) is 6.20 Å². The number of carboxylic acids is 1. The van der Waals surface area contributed by atoms with Gasteiger partial charge in [-0.2, -0.15) is 5.10 Å². The molecular weight excluding hydrogens is 328 g/mol. The van der Waals surface area contributed by atoms with E-state index in [0.717, 1.165) is 10.9 Å². The smallest absolute Gasteiger partial charge is 0.354 e. The summed E-state index contributed by atoms with van der Waals surface area (Å²) in [5, 5.41) is 15.7. The molecule has 2 heterocycles. The highest BCUT2D eigenvalue weighted by atomic mass is 79.9. The number of halogens is 1. The van der Waals surface area contributed by atoms with Gasteiger partial charge in [-0.25, -0.2) is 9.59 Å². The van der Waals surface area contributed by atoms with Crippen LogP contribution in [0.15, 0.2) is 16.8 Å². The lowest BCUT2D eigenvalue weighted by Crippen LogP contribution is -2.41. The first-order chi connectivity index (χ1) is 9.49. The molecule has 1 aliphatic heterocycles. The van der Waals surface area contributed by atoms with Crippen LogP contribution in [0.2, 0.25) is 0 Å². The summed E-state index contributed by atoms with van der Waals surface area (Å²) in [5.74, 6) is -1.06. The van der Waals surface area contributed by atoms with Crippen molar-refractivity contribution in [2.45, 2.75) is 13.0 Å². The zero-order valence-electron chi connectivity index (χ0n) is 11.0. The summed E-state index contributed by atoms with van der Waals surface area (Å²) in [7, 11) is 1.56. The first kappa shape index (κ1) is 14.6. The number of nitrogens with zero attached hydrogens (tertiary/aromatic N) is 3. The lowest BCUT2D eigenvalue weighted by molar-refractivity contribution is 0.0683. The fourth-order valence-electron chi connectivity index (χ4n) is 2.00. The Morgan fingerprint density at radius 2 is 2.30 bits per heavy atom. The quantitative estimate of drug-likeness (QED) is 0.866. The molecule has 1 aromatic rings. The fourth-order valence-corrected chi connectivity index (χ4v) is 2.32. The number of hydrogen-bond donors (Lipinski definition) is 2. The first-order valence-corrected chi connectivity index (χ1v) is 6.90. The Bertz CT molecular complexity index is 567. The molecule has 0 bridgehead atoms. The van der Waals surface area contributed by atoms with Gasteiger partial charge in [-0.15, -0.1) is 0 Å². The number of carbonyl (C=O) groups excluding carboxylic acids is 1. The van der Waals surface area contributed by atoms with Crippen LogP contribution in [0, 0.1) is 0 Å². The van der Waals surface area contributed by atoms with E-state index >= 15 is 0 Å². The molecule has 0 spiro atoms. The van der Waals surface area contributed by atoms with Gasteiger partial charge >= 0.3 is 12.0 Å². The number of aryl methyl sites for hydroxylation is 1. The standard InChI is InChI=1S/C12H15BrN4O3/c1-16-10(11(18)19)8(7-15-16)6-14-12(20)17-4-2-9(13)3-5-17/h2,7H,3-6H2,1H3,(H,14,20)(H,18,19). The summed E-state index contributed by atoms with van der Waals surface area (Å²) in [5.41, 5.74) is 0.577. The van der Waals surface area contributed by atoms with E-state index in [1.807, 2.05) is 6.08 Å². The summed E-state index contributed by atoms with van der Waals surface area (Å²) >= 11 is 3.40. The van der Waals surface area contributed by atoms with Gasteiger partial charge in [-0.1, -0.05) is 22.0 Å². The molecule has 2 rings (SSSR count). The molecule has 1 aliphatic rings. The summed E-state index contributed by atoms with van der Waals surface area (Å²) < 4.78 is 2.38. The lowest BCUT2D eigenvalue weighted by atomic mass is 10.2. The minimum atomic E-state index is -1.06. The number of urea groups is 1. The zero-order valence-corrected chi connectivity index (χ0v) is 12.6. The van der Waals surface area contributed by atoms with E-state index in [0.29, 0.717) is 18.7 Å². The van der Waals surface area contributed by atoms with Gasteiger partial charge in [0.2, 0.25) is 0 Å². The van der Waals surface area contributed by atoms with Crippen LogP contribution in [0.4, 0.5) is 4.79 Å². The van der Waals surface area contributed by atoms with Gasteiger partial charge < -0.3 is 15.3 Å². The molecule has 0 saturated carbocycles. The van der Waals surface area contributed by atoms with Crippen LogP contribution < -0.4 is 5.32 Å². The third kappa shape index (κ3) is 3.19. The Labute approximate surface area is 124 Å². The third-order valence-electron chi connectivity index (χ3n) is 3.09. The van der Waals surface area contributed by atoms with Crippen molar-refractivity contribution >= 4 is 27.9 Å². The lowest BCUT2D eigenvalue weighted by Gasteiger charge is -2.25. The topological polar surface area (TPSA) is 87.5 Å². The molecule has 0 aromatic carbocycles.